The molecule has 12 heavy (non-hydrogen) atoms. The van der Waals surface area contributed by atoms with Crippen LogP contribution < -0.4 is 0 Å². The first-order valence-electron chi connectivity index (χ1n) is 4.70. The molecule has 0 bridgehead atoms. The molecule has 1 aliphatic heterocycles. The van der Waals surface area contributed by atoms with Gasteiger partial charge in [-0.3, -0.25) is 9.69 Å². The van der Waals surface area contributed by atoms with E-state index in [2.05, 4.69) is 11.8 Å². The molecule has 1 atom stereocenters. The van der Waals surface area contributed by atoms with Crippen molar-refractivity contribution in [3.8, 4) is 0 Å². The second-order valence-electron chi connectivity index (χ2n) is 3.40. The summed E-state index contributed by atoms with van der Waals surface area (Å²) in [4.78, 5) is 12.8. The van der Waals surface area contributed by atoms with E-state index >= 15 is 0 Å². The molecule has 0 saturated carbocycles. The Labute approximate surface area is 73.4 Å². The number of carboxylic acids is 1. The van der Waals surface area contributed by atoms with E-state index in [1.807, 2.05) is 0 Å². The fourth-order valence-corrected chi connectivity index (χ4v) is 1.84. The van der Waals surface area contributed by atoms with Crippen molar-refractivity contribution >= 4 is 5.97 Å². The van der Waals surface area contributed by atoms with Gasteiger partial charge in [-0.25, -0.2) is 0 Å². The number of carboxylic acid groups (broad SMARTS) is 1. The lowest BCUT2D eigenvalue weighted by Crippen LogP contribution is -2.33. The zero-order valence-electron chi connectivity index (χ0n) is 7.62. The summed E-state index contributed by atoms with van der Waals surface area (Å²) in [6.07, 6.45) is 3.72. The predicted molar refractivity (Wildman–Crippen MR) is 47.1 cm³/mol. The van der Waals surface area contributed by atoms with Crippen LogP contribution in [0.5, 0.6) is 0 Å². The highest BCUT2D eigenvalue weighted by atomic mass is 16.4. The molecule has 1 rings (SSSR count). The number of hydrogen-bond acceptors (Lipinski definition) is 2. The summed E-state index contributed by atoms with van der Waals surface area (Å²) < 4.78 is 0. The molecule has 0 aromatic rings. The average molecular weight is 171 g/mol. The Morgan fingerprint density at radius 1 is 1.50 bits per heavy atom. The van der Waals surface area contributed by atoms with Crippen LogP contribution in [0.4, 0.5) is 0 Å². The van der Waals surface area contributed by atoms with Gasteiger partial charge < -0.3 is 5.11 Å². The third-order valence-corrected chi connectivity index (χ3v) is 2.54. The third-order valence-electron chi connectivity index (χ3n) is 2.54. The lowest BCUT2D eigenvalue weighted by molar-refractivity contribution is -0.138. The van der Waals surface area contributed by atoms with Crippen molar-refractivity contribution in [2.75, 3.05) is 13.1 Å². The number of hydrogen-bond donors (Lipinski definition) is 1. The maximum Gasteiger partial charge on any atom is 0.304 e. The zero-order chi connectivity index (χ0) is 8.97. The van der Waals surface area contributed by atoms with E-state index in [-0.39, 0.29) is 6.04 Å². The quantitative estimate of drug-likeness (QED) is 0.693. The van der Waals surface area contributed by atoms with Crippen molar-refractivity contribution in [1.82, 2.24) is 4.90 Å². The number of rotatable bonds is 4. The molecule has 1 unspecified atom stereocenters. The van der Waals surface area contributed by atoms with Gasteiger partial charge in [-0.1, -0.05) is 6.92 Å². The summed E-state index contributed by atoms with van der Waals surface area (Å²) in [5.41, 5.74) is 0. The lowest BCUT2D eigenvalue weighted by atomic mass is 10.1. The van der Waals surface area contributed by atoms with Crippen LogP contribution in [0.15, 0.2) is 0 Å². The van der Waals surface area contributed by atoms with Gasteiger partial charge in [0.25, 0.3) is 0 Å². The van der Waals surface area contributed by atoms with Gasteiger partial charge in [0.2, 0.25) is 0 Å². The molecule has 0 amide bonds. The van der Waals surface area contributed by atoms with Crippen LogP contribution in [0.2, 0.25) is 0 Å². The lowest BCUT2D eigenvalue weighted by Gasteiger charge is -2.24. The molecule has 1 saturated heterocycles. The Bertz CT molecular complexity index is 153. The zero-order valence-corrected chi connectivity index (χ0v) is 7.62. The minimum absolute atomic E-state index is 0.269. The standard InChI is InChI=1S/C9H17NO2/c1-2-8(7-9(11)12)10-5-3-4-6-10/h8H,2-7H2,1H3,(H,11,12). The van der Waals surface area contributed by atoms with Gasteiger partial charge in [-0.2, -0.15) is 0 Å². The van der Waals surface area contributed by atoms with Crippen LogP contribution in [0.25, 0.3) is 0 Å². The van der Waals surface area contributed by atoms with Crippen molar-refractivity contribution in [2.45, 2.75) is 38.6 Å². The summed E-state index contributed by atoms with van der Waals surface area (Å²) in [6.45, 7) is 4.24. The monoisotopic (exact) mass is 171 g/mol. The highest BCUT2D eigenvalue weighted by Gasteiger charge is 2.22. The summed E-state index contributed by atoms with van der Waals surface area (Å²) in [7, 11) is 0. The highest BCUT2D eigenvalue weighted by Crippen LogP contribution is 2.16. The molecular formula is C9H17NO2. The molecule has 3 nitrogen and oxygen atoms in total. The van der Waals surface area contributed by atoms with Gasteiger partial charge >= 0.3 is 5.97 Å². The molecule has 70 valence electrons. The second kappa shape index (κ2) is 4.45. The Morgan fingerprint density at radius 2 is 2.08 bits per heavy atom. The molecule has 0 radical (unpaired) electrons. The first kappa shape index (κ1) is 9.52. The van der Waals surface area contributed by atoms with Gasteiger partial charge in [-0.15, -0.1) is 0 Å². The molecule has 1 aliphatic rings. The van der Waals surface area contributed by atoms with E-state index < -0.39 is 5.97 Å². The van der Waals surface area contributed by atoms with Crippen LogP contribution in [-0.2, 0) is 4.79 Å². The Kier molecular flexibility index (Phi) is 3.53. The highest BCUT2D eigenvalue weighted by molar-refractivity contribution is 5.67. The first-order chi connectivity index (χ1) is 5.74. The molecule has 0 aliphatic carbocycles. The third kappa shape index (κ3) is 2.48. The van der Waals surface area contributed by atoms with Gasteiger partial charge in [0.1, 0.15) is 0 Å². The van der Waals surface area contributed by atoms with E-state index in [1.165, 1.54) is 12.8 Å². The number of nitrogens with zero attached hydrogens (tertiary/aromatic N) is 1. The van der Waals surface area contributed by atoms with Crippen molar-refractivity contribution in [1.29, 1.82) is 0 Å². The summed E-state index contributed by atoms with van der Waals surface area (Å²) >= 11 is 0. The van der Waals surface area contributed by atoms with E-state index in [4.69, 9.17) is 5.11 Å². The SMILES string of the molecule is CCC(CC(=O)O)N1CCCC1. The Hall–Kier alpha value is -0.570. The van der Waals surface area contributed by atoms with Crippen LogP contribution in [0, 0.1) is 0 Å². The van der Waals surface area contributed by atoms with E-state index in [0.717, 1.165) is 19.5 Å². The van der Waals surface area contributed by atoms with Crippen molar-refractivity contribution < 1.29 is 9.90 Å². The average Bonchev–Trinajstić information content (AvgIpc) is 2.51. The van der Waals surface area contributed by atoms with Crippen LogP contribution >= 0.6 is 0 Å². The van der Waals surface area contributed by atoms with Gasteiger partial charge in [0.15, 0.2) is 0 Å². The fraction of sp³-hybridized carbons (Fsp3) is 0.889. The number of carbonyl (C=O) groups is 1. The van der Waals surface area contributed by atoms with Crippen LogP contribution in [-0.4, -0.2) is 35.1 Å². The summed E-state index contributed by atoms with van der Waals surface area (Å²) in [6, 6.07) is 0.269. The summed E-state index contributed by atoms with van der Waals surface area (Å²) in [5, 5.41) is 8.65. The Morgan fingerprint density at radius 3 is 2.50 bits per heavy atom. The van der Waals surface area contributed by atoms with Crippen molar-refractivity contribution in [3.63, 3.8) is 0 Å². The van der Waals surface area contributed by atoms with Crippen molar-refractivity contribution in [3.05, 3.63) is 0 Å². The molecular weight excluding hydrogens is 154 g/mol. The Balaban J connectivity index is 2.37. The van der Waals surface area contributed by atoms with E-state index in [1.54, 1.807) is 0 Å². The minimum atomic E-state index is -0.672. The maximum absolute atomic E-state index is 10.5. The minimum Gasteiger partial charge on any atom is -0.481 e. The number of likely N-dealkylation sites (tertiary alicyclic amines) is 1. The largest absolute Gasteiger partial charge is 0.481 e. The smallest absolute Gasteiger partial charge is 0.304 e. The second-order valence-corrected chi connectivity index (χ2v) is 3.40. The molecule has 0 spiro atoms. The molecule has 3 heteroatoms. The molecule has 1 N–H and O–H groups in total. The van der Waals surface area contributed by atoms with Crippen LogP contribution in [0.3, 0.4) is 0 Å². The fourth-order valence-electron chi connectivity index (χ4n) is 1.84. The van der Waals surface area contributed by atoms with Gasteiger partial charge in [0, 0.05) is 6.04 Å². The van der Waals surface area contributed by atoms with Crippen LogP contribution in [0.1, 0.15) is 32.6 Å². The number of aliphatic carboxylic acids is 1. The molecule has 0 aromatic heterocycles. The molecule has 1 fully saturated rings. The normalized spacial score (nSPS) is 21.1. The predicted octanol–water partition coefficient (Wildman–Crippen LogP) is 1.34. The van der Waals surface area contributed by atoms with E-state index in [9.17, 15) is 4.79 Å². The first-order valence-corrected chi connectivity index (χ1v) is 4.70. The maximum atomic E-state index is 10.5. The van der Waals surface area contributed by atoms with Gasteiger partial charge in [0.05, 0.1) is 6.42 Å². The topological polar surface area (TPSA) is 40.5 Å². The van der Waals surface area contributed by atoms with Crippen molar-refractivity contribution in [2.24, 2.45) is 0 Å². The van der Waals surface area contributed by atoms with Gasteiger partial charge in [-0.05, 0) is 32.4 Å². The molecule has 1 heterocycles. The molecule has 0 aromatic carbocycles. The van der Waals surface area contributed by atoms with E-state index in [0.29, 0.717) is 6.42 Å². The summed E-state index contributed by atoms with van der Waals surface area (Å²) in [5.74, 6) is -0.672.